The highest BCUT2D eigenvalue weighted by atomic mass is 19.3. The summed E-state index contributed by atoms with van der Waals surface area (Å²) >= 11 is 0. The third-order valence-corrected chi connectivity index (χ3v) is 2.68. The van der Waals surface area contributed by atoms with Crippen LogP contribution in [-0.4, -0.2) is 19.4 Å². The summed E-state index contributed by atoms with van der Waals surface area (Å²) in [7, 11) is 2.73. The van der Waals surface area contributed by atoms with Crippen LogP contribution in [0.2, 0.25) is 0 Å². The van der Waals surface area contributed by atoms with E-state index in [1.54, 1.807) is 0 Å². The van der Waals surface area contributed by atoms with Crippen molar-refractivity contribution in [2.24, 2.45) is 0 Å². The van der Waals surface area contributed by atoms with Gasteiger partial charge in [0.2, 0.25) is 5.88 Å². The monoisotopic (exact) mass is 270 g/mol. The SMILES string of the molecule is COc1cc(OC)c(C(F)F)cc1-c1cnoc1N. The summed E-state index contributed by atoms with van der Waals surface area (Å²) in [4.78, 5) is 0. The van der Waals surface area contributed by atoms with Crippen molar-refractivity contribution in [1.82, 2.24) is 5.16 Å². The molecular formula is C12H12F2N2O3. The van der Waals surface area contributed by atoms with Gasteiger partial charge in [-0.3, -0.25) is 0 Å². The van der Waals surface area contributed by atoms with E-state index in [9.17, 15) is 8.78 Å². The summed E-state index contributed by atoms with van der Waals surface area (Å²) in [5, 5.41) is 3.52. The summed E-state index contributed by atoms with van der Waals surface area (Å²) in [5.41, 5.74) is 6.10. The molecule has 0 atom stereocenters. The van der Waals surface area contributed by atoms with E-state index in [4.69, 9.17) is 19.7 Å². The number of rotatable bonds is 4. The molecule has 0 fully saturated rings. The van der Waals surface area contributed by atoms with Crippen molar-refractivity contribution >= 4 is 5.88 Å². The molecule has 0 aliphatic carbocycles. The van der Waals surface area contributed by atoms with Crippen LogP contribution >= 0.6 is 0 Å². The predicted molar refractivity (Wildman–Crippen MR) is 64.4 cm³/mol. The lowest BCUT2D eigenvalue weighted by molar-refractivity contribution is 0.147. The molecule has 0 aliphatic heterocycles. The first-order chi connectivity index (χ1) is 9.08. The van der Waals surface area contributed by atoms with Crippen LogP contribution in [0.25, 0.3) is 11.1 Å². The summed E-state index contributed by atoms with van der Waals surface area (Å²) in [6.45, 7) is 0. The molecule has 1 aromatic heterocycles. The molecule has 2 rings (SSSR count). The molecule has 2 aromatic rings. The van der Waals surface area contributed by atoms with Gasteiger partial charge in [0.1, 0.15) is 11.5 Å². The van der Waals surface area contributed by atoms with Gasteiger partial charge in [0.05, 0.1) is 31.5 Å². The Morgan fingerprint density at radius 2 is 1.84 bits per heavy atom. The second-order valence-electron chi connectivity index (χ2n) is 3.70. The van der Waals surface area contributed by atoms with Crippen molar-refractivity contribution in [3.8, 4) is 22.6 Å². The third-order valence-electron chi connectivity index (χ3n) is 2.68. The number of nitrogens with zero attached hydrogens (tertiary/aromatic N) is 1. The maximum absolute atomic E-state index is 13.0. The van der Waals surface area contributed by atoms with Crippen LogP contribution in [0.15, 0.2) is 22.9 Å². The van der Waals surface area contributed by atoms with E-state index in [-0.39, 0.29) is 17.2 Å². The zero-order valence-electron chi connectivity index (χ0n) is 10.3. The highest BCUT2D eigenvalue weighted by molar-refractivity contribution is 5.78. The maximum Gasteiger partial charge on any atom is 0.267 e. The normalized spacial score (nSPS) is 10.8. The molecule has 102 valence electrons. The lowest BCUT2D eigenvalue weighted by Gasteiger charge is -2.13. The minimum absolute atomic E-state index is 0.0312. The number of halogens is 2. The van der Waals surface area contributed by atoms with Crippen molar-refractivity contribution in [1.29, 1.82) is 0 Å². The number of alkyl halides is 2. The van der Waals surface area contributed by atoms with Gasteiger partial charge in [-0.1, -0.05) is 5.16 Å². The summed E-state index contributed by atoms with van der Waals surface area (Å²) in [5.74, 6) is 0.422. The zero-order valence-corrected chi connectivity index (χ0v) is 10.3. The fourth-order valence-electron chi connectivity index (χ4n) is 1.76. The molecule has 0 saturated carbocycles. The highest BCUT2D eigenvalue weighted by Crippen LogP contribution is 2.41. The molecular weight excluding hydrogens is 258 g/mol. The molecule has 1 heterocycles. The van der Waals surface area contributed by atoms with E-state index in [1.807, 2.05) is 0 Å². The number of aromatic nitrogens is 1. The molecule has 2 N–H and O–H groups in total. The Kier molecular flexibility index (Phi) is 3.55. The van der Waals surface area contributed by atoms with Crippen LogP contribution < -0.4 is 15.2 Å². The number of hydrogen-bond donors (Lipinski definition) is 1. The minimum atomic E-state index is -2.68. The summed E-state index contributed by atoms with van der Waals surface area (Å²) in [6.07, 6.45) is -1.34. The highest BCUT2D eigenvalue weighted by Gasteiger charge is 2.21. The first-order valence-corrected chi connectivity index (χ1v) is 5.33. The van der Waals surface area contributed by atoms with Crippen molar-refractivity contribution in [3.05, 3.63) is 23.9 Å². The molecule has 0 amide bonds. The predicted octanol–water partition coefficient (Wildman–Crippen LogP) is 2.88. The fraction of sp³-hybridized carbons (Fsp3) is 0.250. The van der Waals surface area contributed by atoms with Gasteiger partial charge in [-0.2, -0.15) is 0 Å². The van der Waals surface area contributed by atoms with Crippen LogP contribution in [0.3, 0.4) is 0 Å². The minimum Gasteiger partial charge on any atom is -0.496 e. The van der Waals surface area contributed by atoms with E-state index in [0.29, 0.717) is 16.9 Å². The first-order valence-electron chi connectivity index (χ1n) is 5.33. The number of hydrogen-bond acceptors (Lipinski definition) is 5. The van der Waals surface area contributed by atoms with Crippen LogP contribution in [0.1, 0.15) is 12.0 Å². The van der Waals surface area contributed by atoms with Crippen LogP contribution in [-0.2, 0) is 0 Å². The van der Waals surface area contributed by atoms with E-state index in [0.717, 1.165) is 0 Å². The van der Waals surface area contributed by atoms with Crippen LogP contribution in [0.4, 0.5) is 14.7 Å². The fourth-order valence-corrected chi connectivity index (χ4v) is 1.76. The average molecular weight is 270 g/mol. The Bertz CT molecular complexity index is 584. The quantitative estimate of drug-likeness (QED) is 0.924. The average Bonchev–Trinajstić information content (AvgIpc) is 2.83. The third kappa shape index (κ3) is 2.31. The van der Waals surface area contributed by atoms with Gasteiger partial charge in [0.25, 0.3) is 6.43 Å². The number of nitrogens with two attached hydrogens (primary N) is 1. The summed E-state index contributed by atoms with van der Waals surface area (Å²) < 4.78 is 40.8. The van der Waals surface area contributed by atoms with E-state index in [1.165, 1.54) is 32.5 Å². The molecule has 0 bridgehead atoms. The number of benzene rings is 1. The Balaban J connectivity index is 2.66. The van der Waals surface area contributed by atoms with Gasteiger partial charge in [-0.05, 0) is 6.07 Å². The molecule has 5 nitrogen and oxygen atoms in total. The Labute approximate surface area is 107 Å². The smallest absolute Gasteiger partial charge is 0.267 e. The largest absolute Gasteiger partial charge is 0.496 e. The van der Waals surface area contributed by atoms with E-state index in [2.05, 4.69) is 5.16 Å². The molecule has 0 saturated heterocycles. The lowest BCUT2D eigenvalue weighted by atomic mass is 10.0. The van der Waals surface area contributed by atoms with Crippen molar-refractivity contribution in [2.75, 3.05) is 20.0 Å². The topological polar surface area (TPSA) is 70.5 Å². The molecule has 0 radical (unpaired) electrons. The summed E-state index contributed by atoms with van der Waals surface area (Å²) in [6, 6.07) is 2.63. The Morgan fingerprint density at radius 1 is 1.16 bits per heavy atom. The van der Waals surface area contributed by atoms with E-state index < -0.39 is 6.43 Å². The second-order valence-corrected chi connectivity index (χ2v) is 3.70. The molecule has 1 aromatic carbocycles. The van der Waals surface area contributed by atoms with Gasteiger partial charge in [0.15, 0.2) is 0 Å². The molecule has 7 heteroatoms. The van der Waals surface area contributed by atoms with Crippen LogP contribution in [0, 0.1) is 0 Å². The number of methoxy groups -OCH3 is 2. The zero-order chi connectivity index (χ0) is 14.0. The Morgan fingerprint density at radius 3 is 2.32 bits per heavy atom. The van der Waals surface area contributed by atoms with Crippen molar-refractivity contribution in [3.63, 3.8) is 0 Å². The number of ether oxygens (including phenoxy) is 2. The van der Waals surface area contributed by atoms with Crippen molar-refractivity contribution < 1.29 is 22.8 Å². The van der Waals surface area contributed by atoms with Crippen molar-refractivity contribution in [2.45, 2.75) is 6.43 Å². The first kappa shape index (κ1) is 13.1. The van der Waals surface area contributed by atoms with Gasteiger partial charge < -0.3 is 19.7 Å². The van der Waals surface area contributed by atoms with Gasteiger partial charge in [-0.15, -0.1) is 0 Å². The Hall–Kier alpha value is -2.31. The number of anilines is 1. The molecule has 0 aliphatic rings. The second kappa shape index (κ2) is 5.13. The van der Waals surface area contributed by atoms with Crippen LogP contribution in [0.5, 0.6) is 11.5 Å². The molecule has 19 heavy (non-hydrogen) atoms. The van der Waals surface area contributed by atoms with Gasteiger partial charge >= 0.3 is 0 Å². The van der Waals surface area contributed by atoms with E-state index >= 15 is 0 Å². The molecule has 0 unspecified atom stereocenters. The number of nitrogen functional groups attached to an aromatic ring is 1. The van der Waals surface area contributed by atoms with Gasteiger partial charge in [0, 0.05) is 11.6 Å². The maximum atomic E-state index is 13.0. The van der Waals surface area contributed by atoms with Gasteiger partial charge in [-0.25, -0.2) is 8.78 Å². The standard InChI is InChI=1S/C12H12F2N2O3/c1-17-9-4-10(18-2)7(11(13)14)3-6(9)8-5-16-19-12(8)15/h3-5,11H,15H2,1-2H3. The molecule has 0 spiro atoms. The lowest BCUT2D eigenvalue weighted by Crippen LogP contribution is -1.97.